The molecule has 1 aliphatic heterocycles. The molecule has 0 saturated carbocycles. The summed E-state index contributed by atoms with van der Waals surface area (Å²) < 4.78 is 5.67. The third-order valence-electron chi connectivity index (χ3n) is 3.53. The molecule has 1 aromatic carbocycles. The van der Waals surface area contributed by atoms with E-state index in [2.05, 4.69) is 10.2 Å². The van der Waals surface area contributed by atoms with Crippen molar-refractivity contribution in [3.8, 4) is 5.75 Å². The molecule has 19 heavy (non-hydrogen) atoms. The number of nitrogens with one attached hydrogen (secondary N) is 1. The maximum Gasteiger partial charge on any atom is 0.119 e. The molecule has 0 amide bonds. The lowest BCUT2D eigenvalue weighted by Crippen LogP contribution is -2.53. The van der Waals surface area contributed by atoms with E-state index in [-0.39, 0.29) is 12.6 Å². The van der Waals surface area contributed by atoms with Gasteiger partial charge in [-0.1, -0.05) is 18.2 Å². The Morgan fingerprint density at radius 1 is 1.26 bits per heavy atom. The van der Waals surface area contributed by atoms with Gasteiger partial charge in [0.25, 0.3) is 0 Å². The Bertz CT molecular complexity index is 345. The number of unbranched alkanes of at least 4 members (excludes halogenated alkanes) is 1. The van der Waals surface area contributed by atoms with Gasteiger partial charge in [-0.25, -0.2) is 0 Å². The Morgan fingerprint density at radius 3 is 2.89 bits per heavy atom. The van der Waals surface area contributed by atoms with Gasteiger partial charge in [-0.2, -0.15) is 0 Å². The Kier molecular flexibility index (Phi) is 6.14. The summed E-state index contributed by atoms with van der Waals surface area (Å²) in [6.45, 7) is 5.01. The van der Waals surface area contributed by atoms with E-state index in [1.807, 2.05) is 30.3 Å². The van der Waals surface area contributed by atoms with Crippen LogP contribution in [0.15, 0.2) is 30.3 Å². The van der Waals surface area contributed by atoms with E-state index in [9.17, 15) is 5.11 Å². The van der Waals surface area contributed by atoms with E-state index in [1.54, 1.807) is 0 Å². The van der Waals surface area contributed by atoms with Crippen LogP contribution in [-0.4, -0.2) is 55.4 Å². The average molecular weight is 264 g/mol. The van der Waals surface area contributed by atoms with E-state index in [4.69, 9.17) is 4.74 Å². The first-order chi connectivity index (χ1) is 9.40. The maximum absolute atomic E-state index is 9.31. The molecule has 0 aliphatic carbocycles. The lowest BCUT2D eigenvalue weighted by molar-refractivity contribution is 0.0978. The van der Waals surface area contributed by atoms with Gasteiger partial charge in [0.2, 0.25) is 0 Å². The minimum atomic E-state index is 0.244. The molecule has 2 rings (SSSR count). The van der Waals surface area contributed by atoms with Crippen molar-refractivity contribution in [2.24, 2.45) is 0 Å². The van der Waals surface area contributed by atoms with Gasteiger partial charge < -0.3 is 15.2 Å². The van der Waals surface area contributed by atoms with Gasteiger partial charge in [-0.15, -0.1) is 0 Å². The van der Waals surface area contributed by atoms with Crippen LogP contribution in [0.25, 0.3) is 0 Å². The molecule has 0 radical (unpaired) electrons. The van der Waals surface area contributed by atoms with E-state index in [0.29, 0.717) is 0 Å². The summed E-state index contributed by atoms with van der Waals surface area (Å²) in [5, 5.41) is 12.6. The van der Waals surface area contributed by atoms with Crippen LogP contribution in [0, 0.1) is 0 Å². The number of piperazine rings is 1. The number of ether oxygens (including phenoxy) is 1. The van der Waals surface area contributed by atoms with Crippen molar-refractivity contribution in [1.82, 2.24) is 10.2 Å². The number of para-hydroxylation sites is 1. The number of aliphatic hydroxyl groups excluding tert-OH is 1. The summed E-state index contributed by atoms with van der Waals surface area (Å²) in [6.07, 6.45) is 2.17. The van der Waals surface area contributed by atoms with E-state index in [0.717, 1.165) is 51.4 Å². The van der Waals surface area contributed by atoms with Gasteiger partial charge in [0.15, 0.2) is 0 Å². The molecule has 4 nitrogen and oxygen atoms in total. The van der Waals surface area contributed by atoms with E-state index < -0.39 is 0 Å². The van der Waals surface area contributed by atoms with Gasteiger partial charge in [-0.3, -0.25) is 4.90 Å². The molecule has 106 valence electrons. The van der Waals surface area contributed by atoms with E-state index >= 15 is 0 Å². The molecule has 1 saturated heterocycles. The topological polar surface area (TPSA) is 44.7 Å². The molecule has 0 bridgehead atoms. The highest BCUT2D eigenvalue weighted by atomic mass is 16.5. The Hall–Kier alpha value is -1.10. The third kappa shape index (κ3) is 4.82. The van der Waals surface area contributed by atoms with Crippen LogP contribution >= 0.6 is 0 Å². The largest absolute Gasteiger partial charge is 0.494 e. The molecule has 4 heteroatoms. The molecule has 1 fully saturated rings. The summed E-state index contributed by atoms with van der Waals surface area (Å²) in [4.78, 5) is 2.37. The number of nitrogens with zero attached hydrogens (tertiary/aromatic N) is 1. The van der Waals surface area contributed by atoms with E-state index in [1.165, 1.54) is 0 Å². The third-order valence-corrected chi connectivity index (χ3v) is 3.53. The predicted molar refractivity (Wildman–Crippen MR) is 76.5 cm³/mol. The smallest absolute Gasteiger partial charge is 0.119 e. The molecule has 0 spiro atoms. The Morgan fingerprint density at radius 2 is 2.11 bits per heavy atom. The highest BCUT2D eigenvalue weighted by Gasteiger charge is 2.20. The summed E-state index contributed by atoms with van der Waals surface area (Å²) in [6, 6.07) is 10.2. The number of hydrogen-bond acceptors (Lipinski definition) is 4. The molecule has 0 aromatic heterocycles. The fourth-order valence-corrected chi connectivity index (χ4v) is 2.40. The van der Waals surface area contributed by atoms with Crippen LogP contribution in [0.4, 0.5) is 0 Å². The number of hydrogen-bond donors (Lipinski definition) is 2. The maximum atomic E-state index is 9.31. The minimum absolute atomic E-state index is 0.244. The van der Waals surface area contributed by atoms with Crippen molar-refractivity contribution in [2.45, 2.75) is 18.9 Å². The van der Waals surface area contributed by atoms with Crippen LogP contribution in [0.5, 0.6) is 5.75 Å². The zero-order chi connectivity index (χ0) is 13.3. The predicted octanol–water partition coefficient (Wildman–Crippen LogP) is 1.11. The lowest BCUT2D eigenvalue weighted by Gasteiger charge is -2.35. The fraction of sp³-hybridized carbons (Fsp3) is 0.600. The number of aliphatic hydroxyl groups is 1. The highest BCUT2D eigenvalue weighted by molar-refractivity contribution is 5.20. The summed E-state index contributed by atoms with van der Waals surface area (Å²) in [5.74, 6) is 0.943. The van der Waals surface area contributed by atoms with Gasteiger partial charge in [0, 0.05) is 25.7 Å². The van der Waals surface area contributed by atoms with Crippen molar-refractivity contribution in [2.75, 3.05) is 39.4 Å². The Balaban J connectivity index is 1.58. The van der Waals surface area contributed by atoms with Crippen LogP contribution in [0.1, 0.15) is 12.8 Å². The van der Waals surface area contributed by atoms with Crippen molar-refractivity contribution in [3.63, 3.8) is 0 Å². The highest BCUT2D eigenvalue weighted by Crippen LogP contribution is 2.09. The molecule has 1 aromatic rings. The first-order valence-electron chi connectivity index (χ1n) is 7.13. The van der Waals surface area contributed by atoms with Crippen LogP contribution in [0.2, 0.25) is 0 Å². The first-order valence-corrected chi connectivity index (χ1v) is 7.13. The van der Waals surface area contributed by atoms with Gasteiger partial charge >= 0.3 is 0 Å². The lowest BCUT2D eigenvalue weighted by atomic mass is 10.2. The zero-order valence-corrected chi connectivity index (χ0v) is 11.4. The second-order valence-corrected chi connectivity index (χ2v) is 4.95. The second kappa shape index (κ2) is 8.15. The quantitative estimate of drug-likeness (QED) is 0.724. The summed E-state index contributed by atoms with van der Waals surface area (Å²) in [7, 11) is 0. The standard InChI is InChI=1S/C15H24N2O2/c18-13-14-12-16-8-10-17(14)9-4-5-11-19-15-6-2-1-3-7-15/h1-3,6-7,14,16,18H,4-5,8-13H2. The van der Waals surface area contributed by atoms with Crippen molar-refractivity contribution < 1.29 is 9.84 Å². The first kappa shape index (κ1) is 14.3. The SMILES string of the molecule is OCC1CNCCN1CCCCOc1ccccc1. The zero-order valence-electron chi connectivity index (χ0n) is 11.4. The van der Waals surface area contributed by atoms with Crippen LogP contribution < -0.4 is 10.1 Å². The molecule has 1 heterocycles. The van der Waals surface area contributed by atoms with Crippen molar-refractivity contribution in [1.29, 1.82) is 0 Å². The summed E-state index contributed by atoms with van der Waals surface area (Å²) in [5.41, 5.74) is 0. The molecular weight excluding hydrogens is 240 g/mol. The average Bonchev–Trinajstić information content (AvgIpc) is 2.48. The molecule has 1 atom stereocenters. The Labute approximate surface area is 115 Å². The number of benzene rings is 1. The number of rotatable bonds is 7. The van der Waals surface area contributed by atoms with Crippen LogP contribution in [-0.2, 0) is 0 Å². The normalized spacial score (nSPS) is 20.4. The van der Waals surface area contributed by atoms with Crippen molar-refractivity contribution >= 4 is 0 Å². The van der Waals surface area contributed by atoms with Gasteiger partial charge in [0.05, 0.1) is 13.2 Å². The van der Waals surface area contributed by atoms with Crippen molar-refractivity contribution in [3.05, 3.63) is 30.3 Å². The summed E-state index contributed by atoms with van der Waals surface area (Å²) >= 11 is 0. The molecule has 1 aliphatic rings. The molecular formula is C15H24N2O2. The minimum Gasteiger partial charge on any atom is -0.494 e. The van der Waals surface area contributed by atoms with Crippen LogP contribution in [0.3, 0.4) is 0 Å². The van der Waals surface area contributed by atoms with Gasteiger partial charge in [-0.05, 0) is 31.5 Å². The fourth-order valence-electron chi connectivity index (χ4n) is 2.40. The molecule has 1 unspecified atom stereocenters. The monoisotopic (exact) mass is 264 g/mol. The molecule has 2 N–H and O–H groups in total. The second-order valence-electron chi connectivity index (χ2n) is 4.95. The van der Waals surface area contributed by atoms with Gasteiger partial charge in [0.1, 0.15) is 5.75 Å².